The lowest BCUT2D eigenvalue weighted by molar-refractivity contribution is -0.115. The van der Waals surface area contributed by atoms with Crippen LogP contribution in [0.1, 0.15) is 13.3 Å². The van der Waals surface area contributed by atoms with Gasteiger partial charge in [0.15, 0.2) is 0 Å². The van der Waals surface area contributed by atoms with Crippen molar-refractivity contribution >= 4 is 11.7 Å². The van der Waals surface area contributed by atoms with Crippen molar-refractivity contribution in [1.82, 2.24) is 15.1 Å². The molecular formula is C21H24N4O2. The zero-order chi connectivity index (χ0) is 19.1. The number of carbonyl (C=O) groups is 1. The maximum atomic E-state index is 12.3. The molecule has 0 radical (unpaired) electrons. The fraction of sp³-hybridized carbons (Fsp3) is 0.238. The predicted molar refractivity (Wildman–Crippen MR) is 107 cm³/mol. The Bertz CT molecular complexity index is 873. The number of rotatable bonds is 8. The van der Waals surface area contributed by atoms with Crippen LogP contribution in [0.4, 0.5) is 5.82 Å². The van der Waals surface area contributed by atoms with Crippen LogP contribution in [-0.2, 0) is 4.79 Å². The summed E-state index contributed by atoms with van der Waals surface area (Å²) in [6.07, 6.45) is 0.981. The third-order valence-corrected chi connectivity index (χ3v) is 4.08. The summed E-state index contributed by atoms with van der Waals surface area (Å²) in [6.45, 7) is 3.14. The van der Waals surface area contributed by atoms with Crippen LogP contribution in [0.3, 0.4) is 0 Å². The highest BCUT2D eigenvalue weighted by Crippen LogP contribution is 2.25. The van der Waals surface area contributed by atoms with Crippen LogP contribution in [0, 0.1) is 0 Å². The third-order valence-electron chi connectivity index (χ3n) is 4.08. The number of nitrogens with zero attached hydrogens (tertiary/aromatic N) is 2. The zero-order valence-electron chi connectivity index (χ0n) is 15.6. The molecule has 3 rings (SSSR count). The molecule has 0 aliphatic rings. The SMILES string of the molecule is CCCNCC(=O)Nc1cc(-c2ccccc2)nn1-c1ccc(OC)cc1. The number of ether oxygens (including phenoxy) is 1. The van der Waals surface area contributed by atoms with Gasteiger partial charge in [-0.2, -0.15) is 5.10 Å². The molecule has 1 amide bonds. The highest BCUT2D eigenvalue weighted by molar-refractivity contribution is 5.92. The summed E-state index contributed by atoms with van der Waals surface area (Å²) >= 11 is 0. The van der Waals surface area contributed by atoms with Crippen molar-refractivity contribution in [3.63, 3.8) is 0 Å². The topological polar surface area (TPSA) is 68.2 Å². The number of aromatic nitrogens is 2. The Morgan fingerprint density at radius 2 is 1.85 bits per heavy atom. The first-order valence-corrected chi connectivity index (χ1v) is 9.01. The van der Waals surface area contributed by atoms with Gasteiger partial charge in [-0.3, -0.25) is 4.79 Å². The Morgan fingerprint density at radius 1 is 1.11 bits per heavy atom. The summed E-state index contributed by atoms with van der Waals surface area (Å²) < 4.78 is 6.96. The number of carbonyl (C=O) groups excluding carboxylic acids is 1. The molecule has 3 aromatic rings. The van der Waals surface area contributed by atoms with E-state index in [0.29, 0.717) is 5.82 Å². The van der Waals surface area contributed by atoms with Gasteiger partial charge in [-0.25, -0.2) is 4.68 Å². The van der Waals surface area contributed by atoms with Gasteiger partial charge in [0.05, 0.1) is 25.0 Å². The minimum atomic E-state index is -0.0993. The Kier molecular flexibility index (Phi) is 6.22. The van der Waals surface area contributed by atoms with Gasteiger partial charge in [-0.15, -0.1) is 0 Å². The molecule has 0 saturated heterocycles. The average Bonchev–Trinajstić information content (AvgIpc) is 3.12. The highest BCUT2D eigenvalue weighted by atomic mass is 16.5. The number of benzene rings is 2. The van der Waals surface area contributed by atoms with Crippen LogP contribution < -0.4 is 15.4 Å². The molecule has 2 aromatic carbocycles. The van der Waals surface area contributed by atoms with Crippen molar-refractivity contribution in [2.75, 3.05) is 25.5 Å². The van der Waals surface area contributed by atoms with Gasteiger partial charge in [0.25, 0.3) is 0 Å². The molecule has 140 valence electrons. The molecule has 0 saturated carbocycles. The molecule has 0 bridgehead atoms. The monoisotopic (exact) mass is 364 g/mol. The fourth-order valence-electron chi connectivity index (χ4n) is 2.71. The van der Waals surface area contributed by atoms with E-state index >= 15 is 0 Å². The van der Waals surface area contributed by atoms with Gasteiger partial charge in [-0.1, -0.05) is 37.3 Å². The molecule has 1 heterocycles. The normalized spacial score (nSPS) is 10.6. The molecule has 0 aliphatic carbocycles. The van der Waals surface area contributed by atoms with Crippen LogP contribution in [0.25, 0.3) is 16.9 Å². The first kappa shape index (κ1) is 18.7. The van der Waals surface area contributed by atoms with Crippen LogP contribution in [0.5, 0.6) is 5.75 Å². The van der Waals surface area contributed by atoms with Gasteiger partial charge < -0.3 is 15.4 Å². The number of hydrogen-bond donors (Lipinski definition) is 2. The molecule has 27 heavy (non-hydrogen) atoms. The summed E-state index contributed by atoms with van der Waals surface area (Å²) in [7, 11) is 1.63. The largest absolute Gasteiger partial charge is 0.497 e. The van der Waals surface area contributed by atoms with Crippen molar-refractivity contribution in [2.45, 2.75) is 13.3 Å². The quantitative estimate of drug-likeness (QED) is 0.601. The number of nitrogens with one attached hydrogen (secondary N) is 2. The maximum absolute atomic E-state index is 12.3. The van der Waals surface area contributed by atoms with Crippen molar-refractivity contribution in [3.8, 4) is 22.7 Å². The minimum absolute atomic E-state index is 0.0993. The predicted octanol–water partition coefficient (Wildman–Crippen LogP) is 3.49. The number of anilines is 1. The van der Waals surface area contributed by atoms with E-state index in [2.05, 4.69) is 17.6 Å². The molecule has 0 atom stereocenters. The first-order valence-electron chi connectivity index (χ1n) is 9.01. The second-order valence-electron chi connectivity index (χ2n) is 6.12. The van der Waals surface area contributed by atoms with E-state index in [4.69, 9.17) is 9.84 Å². The van der Waals surface area contributed by atoms with Crippen molar-refractivity contribution in [2.24, 2.45) is 0 Å². The molecule has 6 heteroatoms. The molecule has 6 nitrogen and oxygen atoms in total. The van der Waals surface area contributed by atoms with Gasteiger partial charge >= 0.3 is 0 Å². The van der Waals surface area contributed by atoms with Gasteiger partial charge in [-0.05, 0) is 37.2 Å². The Labute approximate surface area is 159 Å². The van der Waals surface area contributed by atoms with E-state index in [-0.39, 0.29) is 12.5 Å². The molecule has 0 spiro atoms. The summed E-state index contributed by atoms with van der Waals surface area (Å²) in [6, 6.07) is 19.3. The van der Waals surface area contributed by atoms with Crippen molar-refractivity contribution < 1.29 is 9.53 Å². The number of amides is 1. The van der Waals surface area contributed by atoms with Crippen LogP contribution >= 0.6 is 0 Å². The van der Waals surface area contributed by atoms with E-state index in [9.17, 15) is 4.79 Å². The lowest BCUT2D eigenvalue weighted by atomic mass is 10.2. The van der Waals surface area contributed by atoms with Gasteiger partial charge in [0.1, 0.15) is 11.6 Å². The third kappa shape index (κ3) is 4.74. The number of methoxy groups -OCH3 is 1. The van der Waals surface area contributed by atoms with Gasteiger partial charge in [0, 0.05) is 11.6 Å². The molecule has 0 unspecified atom stereocenters. The minimum Gasteiger partial charge on any atom is -0.497 e. The lowest BCUT2D eigenvalue weighted by Crippen LogP contribution is -2.29. The van der Waals surface area contributed by atoms with Crippen molar-refractivity contribution in [3.05, 3.63) is 60.7 Å². The Balaban J connectivity index is 1.91. The van der Waals surface area contributed by atoms with Crippen LogP contribution in [-0.4, -0.2) is 35.9 Å². The molecule has 0 aliphatic heterocycles. The van der Waals surface area contributed by atoms with E-state index < -0.39 is 0 Å². The second kappa shape index (κ2) is 9.00. The summed E-state index contributed by atoms with van der Waals surface area (Å²) in [5.74, 6) is 1.29. The maximum Gasteiger partial charge on any atom is 0.239 e. The Hall–Kier alpha value is -3.12. The highest BCUT2D eigenvalue weighted by Gasteiger charge is 2.13. The molecule has 0 fully saturated rings. The first-order chi connectivity index (χ1) is 13.2. The standard InChI is InChI=1S/C21H24N4O2/c1-3-13-22-15-21(26)23-20-14-19(16-7-5-4-6-8-16)24-25(20)17-9-11-18(27-2)12-10-17/h4-12,14,22H,3,13,15H2,1-2H3,(H,23,26). The van der Waals surface area contributed by atoms with Gasteiger partial charge in [0.2, 0.25) is 5.91 Å². The van der Waals surface area contributed by atoms with E-state index in [1.165, 1.54) is 0 Å². The summed E-state index contributed by atoms with van der Waals surface area (Å²) in [5.41, 5.74) is 2.63. The Morgan fingerprint density at radius 3 is 2.52 bits per heavy atom. The number of hydrogen-bond acceptors (Lipinski definition) is 4. The summed E-state index contributed by atoms with van der Waals surface area (Å²) in [5, 5.41) is 10.8. The summed E-state index contributed by atoms with van der Waals surface area (Å²) in [4.78, 5) is 12.3. The van der Waals surface area contributed by atoms with E-state index in [1.807, 2.05) is 60.7 Å². The smallest absolute Gasteiger partial charge is 0.239 e. The van der Waals surface area contributed by atoms with Crippen molar-refractivity contribution in [1.29, 1.82) is 0 Å². The fourth-order valence-corrected chi connectivity index (χ4v) is 2.71. The molecule has 2 N–H and O–H groups in total. The molecular weight excluding hydrogens is 340 g/mol. The van der Waals surface area contributed by atoms with Crippen LogP contribution in [0.2, 0.25) is 0 Å². The second-order valence-corrected chi connectivity index (χ2v) is 6.12. The average molecular weight is 364 g/mol. The van der Waals surface area contributed by atoms with Crippen LogP contribution in [0.15, 0.2) is 60.7 Å². The lowest BCUT2D eigenvalue weighted by Gasteiger charge is -2.10. The van der Waals surface area contributed by atoms with E-state index in [1.54, 1.807) is 11.8 Å². The zero-order valence-corrected chi connectivity index (χ0v) is 15.6. The van der Waals surface area contributed by atoms with E-state index in [0.717, 1.165) is 35.7 Å². The molecule has 1 aromatic heterocycles.